The Morgan fingerprint density at radius 1 is 1.18 bits per heavy atom. The summed E-state index contributed by atoms with van der Waals surface area (Å²) in [5.74, 6) is -0.760. The molecular weight excluding hydrogens is 499 g/mol. The number of nitrogens with one attached hydrogen (secondary N) is 1. The number of nitrogens with zero attached hydrogens (tertiary/aromatic N) is 6. The van der Waals surface area contributed by atoms with Gasteiger partial charge in [-0.2, -0.15) is 0 Å². The van der Waals surface area contributed by atoms with Crippen molar-refractivity contribution in [2.75, 3.05) is 29.9 Å². The Labute approximate surface area is 215 Å². The zero-order chi connectivity index (χ0) is 26.0. The number of carbonyl (C=O) groups is 1. The lowest BCUT2D eigenvalue weighted by Crippen LogP contribution is -2.32. The number of halogens is 3. The zero-order valence-corrected chi connectivity index (χ0v) is 20.3. The maximum absolute atomic E-state index is 13.7. The fraction of sp³-hybridized carbons (Fsp3) is 0.423. The van der Waals surface area contributed by atoms with Crippen LogP contribution in [0, 0.1) is 5.92 Å². The van der Waals surface area contributed by atoms with E-state index in [0.717, 1.165) is 44.6 Å². The summed E-state index contributed by atoms with van der Waals surface area (Å²) < 4.78 is 48.5. The van der Waals surface area contributed by atoms with Crippen LogP contribution in [0.3, 0.4) is 0 Å². The largest absolute Gasteiger partial charge is 0.373 e. The minimum atomic E-state index is -2.82. The van der Waals surface area contributed by atoms with Crippen molar-refractivity contribution in [1.29, 1.82) is 0 Å². The van der Waals surface area contributed by atoms with Crippen LogP contribution in [0.2, 0.25) is 0 Å². The normalized spacial score (nSPS) is 24.8. The first-order valence-electron chi connectivity index (χ1n) is 12.7. The second-order valence-electron chi connectivity index (χ2n) is 10.3. The molecule has 12 heteroatoms. The Bertz CT molecular complexity index is 1570. The van der Waals surface area contributed by atoms with Gasteiger partial charge in [0.15, 0.2) is 11.5 Å². The Kier molecular flexibility index (Phi) is 5.29. The fourth-order valence-electron chi connectivity index (χ4n) is 5.55. The first-order chi connectivity index (χ1) is 18.4. The predicted octanol–water partition coefficient (Wildman–Crippen LogP) is 4.33. The molecule has 196 valence electrons. The number of hydrogen-bond acceptors (Lipinski definition) is 7. The molecule has 0 bridgehead atoms. The van der Waals surface area contributed by atoms with Crippen LogP contribution in [0.4, 0.5) is 24.7 Å². The van der Waals surface area contributed by atoms with Crippen molar-refractivity contribution in [2.45, 2.75) is 43.9 Å². The summed E-state index contributed by atoms with van der Waals surface area (Å²) in [5, 5.41) is 7.70. The highest BCUT2D eigenvalue weighted by Crippen LogP contribution is 2.38. The molecule has 1 spiro atoms. The van der Waals surface area contributed by atoms with E-state index in [1.54, 1.807) is 4.52 Å². The third-order valence-corrected chi connectivity index (χ3v) is 7.73. The van der Waals surface area contributed by atoms with Crippen LogP contribution < -0.4 is 10.2 Å². The summed E-state index contributed by atoms with van der Waals surface area (Å²) in [7, 11) is 0. The molecule has 4 aromatic rings. The number of amides is 1. The molecule has 7 rings (SSSR count). The van der Waals surface area contributed by atoms with Crippen LogP contribution in [0.1, 0.15) is 37.8 Å². The minimum Gasteiger partial charge on any atom is -0.373 e. The van der Waals surface area contributed by atoms with Crippen LogP contribution in [0.25, 0.3) is 27.8 Å². The van der Waals surface area contributed by atoms with Crippen LogP contribution in [-0.2, 0) is 9.53 Å². The van der Waals surface area contributed by atoms with Gasteiger partial charge in [0, 0.05) is 48.4 Å². The van der Waals surface area contributed by atoms with E-state index in [4.69, 9.17) is 4.74 Å². The molecule has 1 saturated carbocycles. The van der Waals surface area contributed by atoms with Gasteiger partial charge in [-0.05, 0) is 43.9 Å². The van der Waals surface area contributed by atoms with E-state index < -0.39 is 30.1 Å². The molecule has 38 heavy (non-hydrogen) atoms. The van der Waals surface area contributed by atoms with E-state index in [1.807, 2.05) is 18.3 Å². The molecular formula is C26H24F3N7O2. The molecule has 2 aliphatic heterocycles. The SMILES string of the molecule is O=C(Nc1cc2c(-c3nc4ccc(N5CC[C@@]6(CCCO6)C5)cn4n3)cnc(C(F)F)c2cn1)[C@@H]1C[C@@H]1F. The second-order valence-corrected chi connectivity index (χ2v) is 10.3. The summed E-state index contributed by atoms with van der Waals surface area (Å²) in [6, 6.07) is 5.34. The predicted molar refractivity (Wildman–Crippen MR) is 133 cm³/mol. The monoisotopic (exact) mass is 523 g/mol. The average Bonchev–Trinajstić information content (AvgIpc) is 3.27. The van der Waals surface area contributed by atoms with Crippen LogP contribution >= 0.6 is 0 Å². The third kappa shape index (κ3) is 3.94. The molecule has 9 nitrogen and oxygen atoms in total. The summed E-state index contributed by atoms with van der Waals surface area (Å²) >= 11 is 0. The van der Waals surface area contributed by atoms with E-state index in [1.165, 1.54) is 18.5 Å². The highest BCUT2D eigenvalue weighted by atomic mass is 19.3. The van der Waals surface area contributed by atoms with E-state index >= 15 is 0 Å². The van der Waals surface area contributed by atoms with Crippen molar-refractivity contribution in [3.8, 4) is 11.4 Å². The molecule has 3 fully saturated rings. The van der Waals surface area contributed by atoms with Gasteiger partial charge in [0.25, 0.3) is 6.43 Å². The molecule has 1 amide bonds. The first kappa shape index (κ1) is 23.3. The highest BCUT2D eigenvalue weighted by Gasteiger charge is 2.44. The van der Waals surface area contributed by atoms with Gasteiger partial charge in [-0.3, -0.25) is 9.78 Å². The summed E-state index contributed by atoms with van der Waals surface area (Å²) in [6.07, 6.45) is 3.78. The maximum atomic E-state index is 13.7. The second kappa shape index (κ2) is 8.62. The molecule has 2 saturated heterocycles. The lowest BCUT2D eigenvalue weighted by atomic mass is 10.00. The molecule has 3 aliphatic rings. The first-order valence-corrected chi connectivity index (χ1v) is 12.7. The number of alkyl halides is 3. The van der Waals surface area contributed by atoms with E-state index in [-0.39, 0.29) is 23.2 Å². The number of carbonyl (C=O) groups excluding carboxylic acids is 1. The van der Waals surface area contributed by atoms with Crippen LogP contribution in [0.5, 0.6) is 0 Å². The molecule has 1 aliphatic carbocycles. The van der Waals surface area contributed by atoms with Crippen molar-refractivity contribution in [3.05, 3.63) is 42.5 Å². The minimum absolute atomic E-state index is 0.0642. The van der Waals surface area contributed by atoms with Crippen LogP contribution in [-0.4, -0.2) is 61.9 Å². The number of anilines is 2. The van der Waals surface area contributed by atoms with Crippen molar-refractivity contribution in [1.82, 2.24) is 24.6 Å². The van der Waals surface area contributed by atoms with Gasteiger partial charge >= 0.3 is 0 Å². The molecule has 3 atom stereocenters. The lowest BCUT2D eigenvalue weighted by molar-refractivity contribution is -0.117. The van der Waals surface area contributed by atoms with Gasteiger partial charge in [0.2, 0.25) is 5.91 Å². The Morgan fingerprint density at radius 3 is 2.82 bits per heavy atom. The average molecular weight is 524 g/mol. The number of aromatic nitrogens is 5. The molecule has 6 heterocycles. The lowest BCUT2D eigenvalue weighted by Gasteiger charge is -2.24. The molecule has 0 radical (unpaired) electrons. The van der Waals surface area contributed by atoms with Gasteiger partial charge in [-0.15, -0.1) is 5.10 Å². The summed E-state index contributed by atoms with van der Waals surface area (Å²) in [6.45, 7) is 2.53. The van der Waals surface area contributed by atoms with Crippen LogP contribution in [0.15, 0.2) is 36.8 Å². The Balaban J connectivity index is 1.25. The maximum Gasteiger partial charge on any atom is 0.281 e. The van der Waals surface area contributed by atoms with E-state index in [0.29, 0.717) is 22.4 Å². The number of rotatable bonds is 5. The van der Waals surface area contributed by atoms with E-state index in [2.05, 4.69) is 30.3 Å². The Morgan fingerprint density at radius 2 is 2.05 bits per heavy atom. The number of ether oxygens (including phenoxy) is 1. The standard InChI is InChI=1S/C26H24F3N7O2/c27-19-8-16(19)25(37)32-20-9-15-17(10-30-20)22(23(28)29)31-11-18(15)24-33-21-3-2-14(12-36(21)34-24)35-6-5-26(13-35)4-1-7-38-26/h2-3,9-12,16,19,23H,1,4-8,13H2,(H,30,32,37)/t16-,19+,26+/m1/s1. The topological polar surface area (TPSA) is 97.5 Å². The van der Waals surface area contributed by atoms with Gasteiger partial charge in [0.05, 0.1) is 23.4 Å². The number of pyridine rings is 3. The molecule has 1 N–H and O–H groups in total. The molecule has 0 unspecified atom stereocenters. The quantitative estimate of drug-likeness (QED) is 0.416. The van der Waals surface area contributed by atoms with Gasteiger partial charge in [-0.25, -0.2) is 27.7 Å². The Hall–Kier alpha value is -3.80. The summed E-state index contributed by atoms with van der Waals surface area (Å²) in [5.41, 5.74) is 1.51. The molecule has 4 aromatic heterocycles. The van der Waals surface area contributed by atoms with Gasteiger partial charge in [0.1, 0.15) is 17.7 Å². The molecule has 0 aromatic carbocycles. The van der Waals surface area contributed by atoms with Crippen molar-refractivity contribution < 1.29 is 22.7 Å². The highest BCUT2D eigenvalue weighted by molar-refractivity contribution is 6.00. The fourth-order valence-corrected chi connectivity index (χ4v) is 5.55. The zero-order valence-electron chi connectivity index (χ0n) is 20.3. The van der Waals surface area contributed by atoms with E-state index in [9.17, 15) is 18.0 Å². The van der Waals surface area contributed by atoms with Crippen molar-refractivity contribution >= 4 is 33.8 Å². The van der Waals surface area contributed by atoms with Crippen molar-refractivity contribution in [3.63, 3.8) is 0 Å². The third-order valence-electron chi connectivity index (χ3n) is 7.73. The number of fused-ring (bicyclic) bond motifs is 2. The smallest absolute Gasteiger partial charge is 0.281 e. The summed E-state index contributed by atoms with van der Waals surface area (Å²) in [4.78, 5) is 27.2. The van der Waals surface area contributed by atoms with Gasteiger partial charge < -0.3 is 15.0 Å². The van der Waals surface area contributed by atoms with Crippen molar-refractivity contribution in [2.24, 2.45) is 5.92 Å². The number of hydrogen-bond donors (Lipinski definition) is 1. The van der Waals surface area contributed by atoms with Gasteiger partial charge in [-0.1, -0.05) is 0 Å².